The summed E-state index contributed by atoms with van der Waals surface area (Å²) in [5, 5.41) is 8.17. The van der Waals surface area contributed by atoms with Crippen LogP contribution in [0.3, 0.4) is 0 Å². The Morgan fingerprint density at radius 1 is 1.22 bits per heavy atom. The smallest absolute Gasteiger partial charge is 0.422 e. The van der Waals surface area contributed by atoms with Gasteiger partial charge in [-0.3, -0.25) is 0 Å². The van der Waals surface area contributed by atoms with E-state index >= 15 is 0 Å². The van der Waals surface area contributed by atoms with Crippen molar-refractivity contribution in [1.82, 2.24) is 0 Å². The summed E-state index contributed by atoms with van der Waals surface area (Å²) in [7, 11) is 0. The number of hydrogen-bond acceptors (Lipinski definition) is 5. The van der Waals surface area contributed by atoms with E-state index in [-0.39, 0.29) is 33.2 Å². The molecule has 1 N–H and O–H groups in total. The molecule has 0 bridgehead atoms. The number of aliphatic carboxylic acids is 1. The lowest BCUT2D eigenvalue weighted by molar-refractivity contribution is -0.158. The number of rotatable bonds is 8. The van der Waals surface area contributed by atoms with Crippen LogP contribution in [0, 0.1) is 11.8 Å². The first kappa shape index (κ1) is 21.8. The molecule has 1 aliphatic rings. The predicted octanol–water partition coefficient (Wildman–Crippen LogP) is 5.01. The second-order valence-corrected chi connectivity index (χ2v) is 7.82. The molecule has 0 aromatic heterocycles. The zero-order valence-electron chi connectivity index (χ0n) is 14.6. The minimum absolute atomic E-state index is 0.0544. The Bertz CT molecular complexity index is 745. The Hall–Kier alpha value is -1.50. The quantitative estimate of drug-likeness (QED) is 0.266. The van der Waals surface area contributed by atoms with Crippen LogP contribution in [0.1, 0.15) is 49.4 Å². The molecule has 0 spiro atoms. The van der Waals surface area contributed by atoms with E-state index in [0.29, 0.717) is 0 Å². The summed E-state index contributed by atoms with van der Waals surface area (Å²) < 4.78 is 9.94. The van der Waals surface area contributed by atoms with Gasteiger partial charge in [-0.15, -0.1) is 0 Å². The fourth-order valence-corrected chi connectivity index (χ4v) is 3.25. The van der Waals surface area contributed by atoms with Crippen LogP contribution in [0.15, 0.2) is 6.07 Å². The van der Waals surface area contributed by atoms with Crippen molar-refractivity contribution in [2.24, 2.45) is 11.8 Å². The Kier molecular flexibility index (Phi) is 7.77. The summed E-state index contributed by atoms with van der Waals surface area (Å²) in [5.41, 5.74) is -0.381. The van der Waals surface area contributed by atoms with E-state index in [1.807, 2.05) is 6.92 Å². The van der Waals surface area contributed by atoms with Crippen molar-refractivity contribution >= 4 is 52.7 Å². The number of benzene rings is 1. The molecule has 0 amide bonds. The van der Waals surface area contributed by atoms with E-state index in [1.165, 1.54) is 19.3 Å². The highest BCUT2D eigenvalue weighted by Crippen LogP contribution is 2.40. The molecule has 9 heteroatoms. The molecule has 27 heavy (non-hydrogen) atoms. The van der Waals surface area contributed by atoms with Gasteiger partial charge >= 0.3 is 17.9 Å². The molecule has 6 nitrogen and oxygen atoms in total. The summed E-state index contributed by atoms with van der Waals surface area (Å²) in [6.07, 6.45) is 5.76. The maximum Gasteiger partial charge on any atom is 0.422 e. The number of esters is 2. The third-order valence-electron chi connectivity index (χ3n) is 4.21. The minimum atomic E-state index is -1.85. The van der Waals surface area contributed by atoms with Crippen molar-refractivity contribution in [3.05, 3.63) is 26.7 Å². The van der Waals surface area contributed by atoms with Crippen LogP contribution in [0.25, 0.3) is 0 Å². The van der Waals surface area contributed by atoms with E-state index in [4.69, 9.17) is 44.6 Å². The number of carbonyl (C=O) groups is 3. The van der Waals surface area contributed by atoms with E-state index < -0.39 is 23.7 Å². The molecule has 0 aliphatic heterocycles. The average molecular weight is 438 g/mol. The minimum Gasteiger partial charge on any atom is -0.473 e. The molecule has 1 aliphatic carbocycles. The van der Waals surface area contributed by atoms with Gasteiger partial charge < -0.3 is 14.6 Å². The summed E-state index contributed by atoms with van der Waals surface area (Å²) in [6, 6.07) is 1.15. The summed E-state index contributed by atoms with van der Waals surface area (Å²) in [5.74, 6) is -3.88. The normalized spacial score (nSPS) is 14.5. The molecule has 1 aromatic rings. The van der Waals surface area contributed by atoms with Gasteiger partial charge in [-0.1, -0.05) is 67.4 Å². The molecule has 1 saturated carbocycles. The molecule has 148 valence electrons. The maximum absolute atomic E-state index is 12.5. The average Bonchev–Trinajstić information content (AvgIpc) is 3.41. The first-order valence-corrected chi connectivity index (χ1v) is 9.63. The number of carboxylic acids is 1. The number of halogens is 3. The van der Waals surface area contributed by atoms with Gasteiger partial charge in [0.25, 0.3) is 0 Å². The zero-order chi connectivity index (χ0) is 20.1. The standard InChI is InChI=1S/C18H19Cl3O6/c1-9(3-2-4-10-5-6-10)8-26-17(24)13-14(21)11(19)7-12(20)15(13)27-18(25)16(22)23/h7,9-10H,2-6,8H2,1H3,(H,22,23). The topological polar surface area (TPSA) is 89.9 Å². The Balaban J connectivity index is 2.08. The van der Waals surface area contributed by atoms with Crippen molar-refractivity contribution < 1.29 is 29.0 Å². The van der Waals surface area contributed by atoms with Crippen molar-refractivity contribution in [1.29, 1.82) is 0 Å². The van der Waals surface area contributed by atoms with Crippen LogP contribution >= 0.6 is 34.8 Å². The van der Waals surface area contributed by atoms with Crippen LogP contribution in [0.4, 0.5) is 0 Å². The van der Waals surface area contributed by atoms with Gasteiger partial charge in [0.05, 0.1) is 21.7 Å². The first-order chi connectivity index (χ1) is 12.7. The molecule has 2 rings (SSSR count). The molecule has 1 atom stereocenters. The summed E-state index contributed by atoms with van der Waals surface area (Å²) in [4.78, 5) is 34.6. The Morgan fingerprint density at radius 2 is 1.89 bits per heavy atom. The van der Waals surface area contributed by atoms with Gasteiger partial charge in [-0.2, -0.15) is 0 Å². The fraction of sp³-hybridized carbons (Fsp3) is 0.500. The number of carbonyl (C=O) groups excluding carboxylic acids is 2. The second kappa shape index (κ2) is 9.62. The number of hydrogen-bond donors (Lipinski definition) is 1. The highest BCUT2D eigenvalue weighted by Gasteiger charge is 2.28. The Morgan fingerprint density at radius 3 is 2.48 bits per heavy atom. The highest BCUT2D eigenvalue weighted by molar-refractivity contribution is 6.46. The van der Waals surface area contributed by atoms with E-state index in [1.54, 1.807) is 0 Å². The molecule has 0 radical (unpaired) electrons. The van der Waals surface area contributed by atoms with Gasteiger partial charge in [0, 0.05) is 0 Å². The van der Waals surface area contributed by atoms with Gasteiger partial charge in [-0.25, -0.2) is 14.4 Å². The second-order valence-electron chi connectivity index (χ2n) is 6.63. The van der Waals surface area contributed by atoms with Crippen LogP contribution in [0.2, 0.25) is 15.1 Å². The van der Waals surface area contributed by atoms with Gasteiger partial charge in [-0.05, 0) is 24.3 Å². The Labute approximate surface area is 171 Å². The molecular formula is C18H19Cl3O6. The lowest BCUT2D eigenvalue weighted by Gasteiger charge is -2.15. The van der Waals surface area contributed by atoms with E-state index in [2.05, 4.69) is 4.74 Å². The van der Waals surface area contributed by atoms with Gasteiger partial charge in [0.15, 0.2) is 5.75 Å². The van der Waals surface area contributed by atoms with Crippen molar-refractivity contribution in [2.75, 3.05) is 6.61 Å². The van der Waals surface area contributed by atoms with Gasteiger partial charge in [0.1, 0.15) is 5.56 Å². The largest absolute Gasteiger partial charge is 0.473 e. The third-order valence-corrected chi connectivity index (χ3v) is 5.27. The lowest BCUT2D eigenvalue weighted by Crippen LogP contribution is -2.22. The van der Waals surface area contributed by atoms with Crippen LogP contribution in [0.5, 0.6) is 5.75 Å². The highest BCUT2D eigenvalue weighted by atomic mass is 35.5. The van der Waals surface area contributed by atoms with Crippen molar-refractivity contribution in [3.8, 4) is 5.75 Å². The molecule has 0 heterocycles. The summed E-state index contributed by atoms with van der Waals surface area (Å²) >= 11 is 17.9. The zero-order valence-corrected chi connectivity index (χ0v) is 16.9. The number of carboxylic acid groups (broad SMARTS) is 1. The molecule has 0 saturated heterocycles. The molecule has 1 unspecified atom stereocenters. The fourth-order valence-electron chi connectivity index (χ4n) is 2.53. The summed E-state index contributed by atoms with van der Waals surface area (Å²) in [6.45, 7) is 2.09. The molecule has 1 aromatic carbocycles. The third kappa shape index (κ3) is 6.26. The van der Waals surface area contributed by atoms with Crippen LogP contribution < -0.4 is 4.74 Å². The monoisotopic (exact) mass is 436 g/mol. The maximum atomic E-state index is 12.5. The SMILES string of the molecule is CC(CCCC1CC1)COC(=O)c1c(Cl)c(Cl)cc(Cl)c1OC(=O)C(=O)O. The first-order valence-electron chi connectivity index (χ1n) is 8.50. The predicted molar refractivity (Wildman–Crippen MR) is 101 cm³/mol. The lowest BCUT2D eigenvalue weighted by atomic mass is 10.0. The van der Waals surface area contributed by atoms with Gasteiger partial charge in [0.2, 0.25) is 0 Å². The van der Waals surface area contributed by atoms with Crippen LogP contribution in [-0.2, 0) is 14.3 Å². The van der Waals surface area contributed by atoms with Crippen LogP contribution in [-0.4, -0.2) is 29.6 Å². The van der Waals surface area contributed by atoms with E-state index in [0.717, 1.165) is 24.8 Å². The molecular weight excluding hydrogens is 419 g/mol. The number of ether oxygens (including phenoxy) is 2. The van der Waals surface area contributed by atoms with Crippen molar-refractivity contribution in [3.63, 3.8) is 0 Å². The van der Waals surface area contributed by atoms with E-state index in [9.17, 15) is 14.4 Å². The van der Waals surface area contributed by atoms with Crippen molar-refractivity contribution in [2.45, 2.75) is 39.0 Å². The molecule has 1 fully saturated rings.